The van der Waals surface area contributed by atoms with Crippen LogP contribution in [0.15, 0.2) is 41.3 Å². The Morgan fingerprint density at radius 2 is 1.84 bits per heavy atom. The molecule has 2 aromatic rings. The molecule has 1 aliphatic rings. The number of amides is 1. The van der Waals surface area contributed by atoms with Gasteiger partial charge in [0.05, 0.1) is 21.2 Å². The molecule has 0 aliphatic carbocycles. The van der Waals surface area contributed by atoms with Crippen LogP contribution in [-0.4, -0.2) is 43.8 Å². The lowest BCUT2D eigenvalue weighted by molar-refractivity contribution is -0.123. The van der Waals surface area contributed by atoms with E-state index in [9.17, 15) is 18.0 Å². The summed E-state index contributed by atoms with van der Waals surface area (Å²) in [6, 6.07) is 9.08. The highest BCUT2D eigenvalue weighted by molar-refractivity contribution is 7.89. The van der Waals surface area contributed by atoms with Gasteiger partial charge in [-0.1, -0.05) is 30.2 Å². The predicted octanol–water partition coefficient (Wildman–Crippen LogP) is 3.59. The van der Waals surface area contributed by atoms with Gasteiger partial charge in [0.1, 0.15) is 0 Å². The molecule has 32 heavy (non-hydrogen) atoms. The van der Waals surface area contributed by atoms with Gasteiger partial charge in [-0.25, -0.2) is 13.2 Å². The molecule has 0 spiro atoms. The predicted molar refractivity (Wildman–Crippen MR) is 123 cm³/mol. The van der Waals surface area contributed by atoms with Crippen molar-refractivity contribution in [2.75, 3.05) is 24.1 Å². The first-order valence-corrected chi connectivity index (χ1v) is 12.1. The average molecular weight is 480 g/mol. The Kier molecular flexibility index (Phi) is 7.43. The van der Waals surface area contributed by atoms with Gasteiger partial charge < -0.3 is 15.8 Å². The van der Waals surface area contributed by atoms with Crippen molar-refractivity contribution in [3.63, 3.8) is 0 Å². The minimum atomic E-state index is -3.70. The second kappa shape index (κ2) is 9.89. The van der Waals surface area contributed by atoms with Gasteiger partial charge in [0.2, 0.25) is 10.0 Å². The van der Waals surface area contributed by atoms with E-state index in [1.165, 1.54) is 35.5 Å². The highest BCUT2D eigenvalue weighted by atomic mass is 35.5. The molecule has 1 heterocycles. The van der Waals surface area contributed by atoms with Crippen molar-refractivity contribution < 1.29 is 22.7 Å². The maximum Gasteiger partial charge on any atom is 0.341 e. The Hall–Kier alpha value is -2.62. The highest BCUT2D eigenvalue weighted by Crippen LogP contribution is 2.28. The van der Waals surface area contributed by atoms with Gasteiger partial charge in [-0.2, -0.15) is 4.31 Å². The molecule has 1 fully saturated rings. The number of nitrogens with zero attached hydrogens (tertiary/aromatic N) is 1. The standard InChI is InChI=1S/C22H26ClN3O5S/c1-14-7-6-8-17(20(14)24)22(28)31-15(2)21(27)25-19-13-16(9-10-18(19)23)32(29,30)26-11-4-3-5-12-26/h6-10,13,15H,3-5,11-12,24H2,1-2H3,(H,25,27). The lowest BCUT2D eigenvalue weighted by Gasteiger charge is -2.26. The lowest BCUT2D eigenvalue weighted by Crippen LogP contribution is -2.35. The number of carbonyl (C=O) groups is 2. The van der Waals surface area contributed by atoms with E-state index >= 15 is 0 Å². The van der Waals surface area contributed by atoms with Crippen molar-refractivity contribution in [3.05, 3.63) is 52.5 Å². The minimum Gasteiger partial charge on any atom is -0.449 e. The molecule has 0 radical (unpaired) electrons. The zero-order valence-corrected chi connectivity index (χ0v) is 19.5. The number of ether oxygens (including phenoxy) is 1. The average Bonchev–Trinajstić information content (AvgIpc) is 2.77. The fraction of sp³-hybridized carbons (Fsp3) is 0.364. The molecule has 0 saturated carbocycles. The molecule has 3 rings (SSSR count). The summed E-state index contributed by atoms with van der Waals surface area (Å²) in [5.74, 6) is -1.39. The van der Waals surface area contributed by atoms with Crippen LogP contribution >= 0.6 is 11.6 Å². The van der Waals surface area contributed by atoms with E-state index in [1.54, 1.807) is 19.1 Å². The minimum absolute atomic E-state index is 0.0382. The molecule has 3 N–H and O–H groups in total. The van der Waals surface area contributed by atoms with Gasteiger partial charge in [0.25, 0.3) is 5.91 Å². The fourth-order valence-electron chi connectivity index (χ4n) is 3.39. The van der Waals surface area contributed by atoms with Crippen molar-refractivity contribution in [1.82, 2.24) is 4.31 Å². The van der Waals surface area contributed by atoms with Crippen LogP contribution in [-0.2, 0) is 19.6 Å². The molecular formula is C22H26ClN3O5S. The van der Waals surface area contributed by atoms with Crippen LogP contribution in [0.2, 0.25) is 5.02 Å². The molecule has 172 valence electrons. The summed E-state index contributed by atoms with van der Waals surface area (Å²) in [7, 11) is -3.70. The van der Waals surface area contributed by atoms with Crippen LogP contribution in [0.25, 0.3) is 0 Å². The second-order valence-electron chi connectivity index (χ2n) is 7.68. The third kappa shape index (κ3) is 5.23. The number of benzene rings is 2. The normalized spacial score (nSPS) is 15.7. The molecule has 1 amide bonds. The molecule has 1 unspecified atom stereocenters. The Balaban J connectivity index is 1.73. The number of piperidine rings is 1. The van der Waals surface area contributed by atoms with E-state index in [0.29, 0.717) is 13.1 Å². The molecule has 0 bridgehead atoms. The number of nitrogens with one attached hydrogen (secondary N) is 1. The zero-order chi connectivity index (χ0) is 23.5. The van der Waals surface area contributed by atoms with Gasteiger partial charge >= 0.3 is 5.97 Å². The summed E-state index contributed by atoms with van der Waals surface area (Å²) in [4.78, 5) is 25.1. The van der Waals surface area contributed by atoms with E-state index in [1.807, 2.05) is 0 Å². The summed E-state index contributed by atoms with van der Waals surface area (Å²) < 4.78 is 32.5. The van der Waals surface area contributed by atoms with Gasteiger partial charge in [0, 0.05) is 18.8 Å². The molecule has 1 atom stereocenters. The maximum absolute atomic E-state index is 12.9. The quantitative estimate of drug-likeness (QED) is 0.482. The first-order valence-electron chi connectivity index (χ1n) is 10.3. The number of aryl methyl sites for hydroxylation is 1. The van der Waals surface area contributed by atoms with Crippen LogP contribution in [0.1, 0.15) is 42.1 Å². The van der Waals surface area contributed by atoms with Crippen LogP contribution in [0.5, 0.6) is 0 Å². The largest absolute Gasteiger partial charge is 0.449 e. The maximum atomic E-state index is 12.9. The third-order valence-electron chi connectivity index (χ3n) is 5.35. The Morgan fingerprint density at radius 1 is 1.16 bits per heavy atom. The second-order valence-corrected chi connectivity index (χ2v) is 10.0. The van der Waals surface area contributed by atoms with Gasteiger partial charge in [-0.05, 0) is 56.5 Å². The Bertz CT molecular complexity index is 1130. The number of nitrogen functional groups attached to an aromatic ring is 1. The van der Waals surface area contributed by atoms with Crippen LogP contribution in [0, 0.1) is 6.92 Å². The van der Waals surface area contributed by atoms with Crippen LogP contribution < -0.4 is 11.1 Å². The first kappa shape index (κ1) is 24.0. The molecule has 2 aromatic carbocycles. The van der Waals surface area contributed by atoms with Crippen molar-refractivity contribution >= 4 is 44.9 Å². The zero-order valence-electron chi connectivity index (χ0n) is 17.9. The summed E-state index contributed by atoms with van der Waals surface area (Å²) in [6.45, 7) is 4.08. The number of para-hydroxylation sites is 1. The molecule has 10 heteroatoms. The number of hydrogen-bond donors (Lipinski definition) is 2. The van der Waals surface area contributed by atoms with Crippen LogP contribution in [0.4, 0.5) is 11.4 Å². The Morgan fingerprint density at radius 3 is 2.53 bits per heavy atom. The number of rotatable bonds is 6. The summed E-state index contributed by atoms with van der Waals surface area (Å²) in [6.07, 6.45) is 1.45. The number of halogens is 1. The summed E-state index contributed by atoms with van der Waals surface area (Å²) in [5, 5.41) is 2.71. The number of hydrogen-bond acceptors (Lipinski definition) is 6. The van der Waals surface area contributed by atoms with E-state index in [2.05, 4.69) is 5.32 Å². The highest BCUT2D eigenvalue weighted by Gasteiger charge is 2.27. The molecule has 0 aromatic heterocycles. The van der Waals surface area contributed by atoms with Gasteiger partial charge in [-0.3, -0.25) is 4.79 Å². The topological polar surface area (TPSA) is 119 Å². The fourth-order valence-corrected chi connectivity index (χ4v) is 5.09. The van der Waals surface area contributed by atoms with Crippen molar-refractivity contribution in [3.8, 4) is 0 Å². The molecule has 1 saturated heterocycles. The smallest absolute Gasteiger partial charge is 0.341 e. The number of anilines is 2. The molecule has 8 nitrogen and oxygen atoms in total. The van der Waals surface area contributed by atoms with Crippen LogP contribution in [0.3, 0.4) is 0 Å². The number of esters is 1. The van der Waals surface area contributed by atoms with Crippen molar-refractivity contribution in [1.29, 1.82) is 0 Å². The SMILES string of the molecule is Cc1cccc(C(=O)OC(C)C(=O)Nc2cc(S(=O)(=O)N3CCCCC3)ccc2Cl)c1N. The van der Waals surface area contributed by atoms with E-state index in [4.69, 9.17) is 22.1 Å². The van der Waals surface area contributed by atoms with Crippen molar-refractivity contribution in [2.24, 2.45) is 0 Å². The van der Waals surface area contributed by atoms with Crippen molar-refractivity contribution in [2.45, 2.75) is 44.1 Å². The summed E-state index contributed by atoms with van der Waals surface area (Å²) >= 11 is 6.17. The van der Waals surface area contributed by atoms with E-state index in [-0.39, 0.29) is 26.9 Å². The van der Waals surface area contributed by atoms with E-state index < -0.39 is 28.0 Å². The van der Waals surface area contributed by atoms with Gasteiger partial charge in [0.15, 0.2) is 6.10 Å². The summed E-state index contributed by atoms with van der Waals surface area (Å²) in [5.41, 5.74) is 7.20. The molecular weight excluding hydrogens is 454 g/mol. The number of carbonyl (C=O) groups excluding carboxylic acids is 2. The third-order valence-corrected chi connectivity index (χ3v) is 7.57. The number of sulfonamides is 1. The number of nitrogens with two attached hydrogens (primary N) is 1. The Labute approximate surface area is 192 Å². The van der Waals surface area contributed by atoms with Gasteiger partial charge in [-0.15, -0.1) is 0 Å². The lowest BCUT2D eigenvalue weighted by atomic mass is 10.1. The first-order chi connectivity index (χ1) is 15.1. The molecule has 1 aliphatic heterocycles. The monoisotopic (exact) mass is 479 g/mol. The van der Waals surface area contributed by atoms with E-state index in [0.717, 1.165) is 24.8 Å².